The van der Waals surface area contributed by atoms with Gasteiger partial charge in [0.05, 0.1) is 27.1 Å². The average molecular weight is 325 g/mol. The van der Waals surface area contributed by atoms with Crippen LogP contribution in [0.3, 0.4) is 0 Å². The van der Waals surface area contributed by atoms with E-state index in [1.54, 1.807) is 38.9 Å². The number of H-pyrrole nitrogens is 1. The molecule has 3 aromatic rings. The van der Waals surface area contributed by atoms with E-state index < -0.39 is 0 Å². The normalized spacial score (nSPS) is 10.6. The average Bonchev–Trinajstić information content (AvgIpc) is 2.99. The number of pyridine rings is 1. The highest BCUT2D eigenvalue weighted by Gasteiger charge is 2.10. The molecule has 1 aromatic carbocycles. The van der Waals surface area contributed by atoms with Crippen molar-refractivity contribution in [3.63, 3.8) is 0 Å². The summed E-state index contributed by atoms with van der Waals surface area (Å²) in [5, 5.41) is 0. The van der Waals surface area contributed by atoms with E-state index in [1.165, 1.54) is 0 Å². The van der Waals surface area contributed by atoms with Crippen LogP contribution in [0.25, 0.3) is 11.1 Å². The van der Waals surface area contributed by atoms with Gasteiger partial charge in [-0.2, -0.15) is 0 Å². The molecule has 0 bridgehead atoms. The minimum Gasteiger partial charge on any atom is -0.493 e. The summed E-state index contributed by atoms with van der Waals surface area (Å²) in [6.07, 6.45) is 3.53. The number of imidazole rings is 1. The number of ether oxygens (including phenoxy) is 2. The molecule has 2 heterocycles. The number of rotatable bonds is 5. The maximum absolute atomic E-state index is 12.5. The van der Waals surface area contributed by atoms with Crippen molar-refractivity contribution >= 4 is 0 Å². The van der Waals surface area contributed by atoms with Crippen molar-refractivity contribution in [2.24, 2.45) is 0 Å². The van der Waals surface area contributed by atoms with Gasteiger partial charge in [-0.05, 0) is 36.8 Å². The molecule has 6 nitrogen and oxygen atoms in total. The van der Waals surface area contributed by atoms with Crippen LogP contribution in [0, 0.1) is 6.92 Å². The molecular weight excluding hydrogens is 306 g/mol. The van der Waals surface area contributed by atoms with Crippen molar-refractivity contribution in [2.45, 2.75) is 13.5 Å². The first-order valence-electron chi connectivity index (χ1n) is 7.53. The number of aromatic nitrogens is 3. The third-order valence-electron chi connectivity index (χ3n) is 3.93. The van der Waals surface area contributed by atoms with Gasteiger partial charge in [-0.3, -0.25) is 4.79 Å². The molecule has 0 atom stereocenters. The van der Waals surface area contributed by atoms with Crippen LogP contribution in [0.1, 0.15) is 11.4 Å². The van der Waals surface area contributed by atoms with E-state index in [0.717, 1.165) is 17.0 Å². The molecule has 0 saturated heterocycles. The van der Waals surface area contributed by atoms with Gasteiger partial charge in [0.15, 0.2) is 11.5 Å². The van der Waals surface area contributed by atoms with Gasteiger partial charge < -0.3 is 19.0 Å². The van der Waals surface area contributed by atoms with Gasteiger partial charge >= 0.3 is 0 Å². The maximum atomic E-state index is 12.5. The molecule has 0 fully saturated rings. The Balaban J connectivity index is 1.93. The summed E-state index contributed by atoms with van der Waals surface area (Å²) < 4.78 is 12.5. The van der Waals surface area contributed by atoms with E-state index in [2.05, 4.69) is 9.97 Å². The lowest BCUT2D eigenvalue weighted by molar-refractivity contribution is 0.355. The molecule has 0 aliphatic carbocycles. The van der Waals surface area contributed by atoms with E-state index >= 15 is 0 Å². The molecule has 1 N–H and O–H groups in total. The summed E-state index contributed by atoms with van der Waals surface area (Å²) in [6.45, 7) is 2.55. The lowest BCUT2D eigenvalue weighted by Crippen LogP contribution is -2.13. The smallest absolute Gasteiger partial charge is 0.256 e. The van der Waals surface area contributed by atoms with Crippen molar-refractivity contribution in [1.82, 2.24) is 14.5 Å². The zero-order chi connectivity index (χ0) is 17.1. The molecule has 0 radical (unpaired) electrons. The van der Waals surface area contributed by atoms with Gasteiger partial charge in [-0.15, -0.1) is 0 Å². The molecule has 6 heteroatoms. The topological polar surface area (TPSA) is 69.1 Å². The third-order valence-corrected chi connectivity index (χ3v) is 3.93. The number of aryl methyl sites for hydroxylation is 1. The van der Waals surface area contributed by atoms with Gasteiger partial charge in [0, 0.05) is 23.1 Å². The fourth-order valence-electron chi connectivity index (χ4n) is 2.57. The fourth-order valence-corrected chi connectivity index (χ4v) is 2.57. The predicted octanol–water partition coefficient (Wildman–Crippen LogP) is 2.61. The Morgan fingerprint density at radius 1 is 1.12 bits per heavy atom. The van der Waals surface area contributed by atoms with Gasteiger partial charge in [0.2, 0.25) is 0 Å². The zero-order valence-electron chi connectivity index (χ0n) is 13.9. The second-order valence-electron chi connectivity index (χ2n) is 5.46. The van der Waals surface area contributed by atoms with Crippen LogP contribution in [0.5, 0.6) is 11.5 Å². The number of nitrogens with one attached hydrogen (secondary N) is 1. The van der Waals surface area contributed by atoms with Crippen molar-refractivity contribution in [1.29, 1.82) is 0 Å². The van der Waals surface area contributed by atoms with Crippen molar-refractivity contribution in [3.05, 3.63) is 64.6 Å². The van der Waals surface area contributed by atoms with Crippen molar-refractivity contribution in [3.8, 4) is 22.6 Å². The molecule has 0 aliphatic rings. The maximum Gasteiger partial charge on any atom is 0.256 e. The number of methoxy groups -OCH3 is 2. The number of benzene rings is 1. The third kappa shape index (κ3) is 3.03. The van der Waals surface area contributed by atoms with E-state index in [0.29, 0.717) is 23.6 Å². The standard InChI is InChI=1S/C18H19N3O3/c1-12-9-19-11-21(12)10-14-5-6-15(18(22)20-14)13-4-7-16(23-2)17(8-13)24-3/h4-9,11H,10H2,1-3H3,(H,20,22). The first-order chi connectivity index (χ1) is 11.6. The molecular formula is C18H19N3O3. The number of aromatic amines is 1. The van der Waals surface area contributed by atoms with Crippen LogP contribution in [-0.4, -0.2) is 28.8 Å². The molecule has 0 spiro atoms. The molecule has 124 valence electrons. The first kappa shape index (κ1) is 15.9. The highest BCUT2D eigenvalue weighted by atomic mass is 16.5. The molecule has 0 unspecified atom stereocenters. The Hall–Kier alpha value is -3.02. The minimum atomic E-state index is -0.141. The van der Waals surface area contributed by atoms with Gasteiger partial charge in [0.1, 0.15) is 0 Å². The summed E-state index contributed by atoms with van der Waals surface area (Å²) in [4.78, 5) is 19.5. The van der Waals surface area contributed by atoms with Crippen LogP contribution in [0.15, 0.2) is 47.7 Å². The van der Waals surface area contributed by atoms with Crippen LogP contribution in [-0.2, 0) is 6.54 Å². The van der Waals surface area contributed by atoms with Gasteiger partial charge in [-0.25, -0.2) is 4.98 Å². The Morgan fingerprint density at radius 2 is 1.92 bits per heavy atom. The largest absolute Gasteiger partial charge is 0.493 e. The van der Waals surface area contributed by atoms with Crippen LogP contribution in [0.4, 0.5) is 0 Å². The van der Waals surface area contributed by atoms with E-state index in [1.807, 2.05) is 29.7 Å². The summed E-state index contributed by atoms with van der Waals surface area (Å²) in [6, 6.07) is 9.15. The summed E-state index contributed by atoms with van der Waals surface area (Å²) in [5.74, 6) is 1.22. The number of hydrogen-bond acceptors (Lipinski definition) is 4. The Kier molecular flexibility index (Phi) is 4.37. The number of nitrogens with zero attached hydrogens (tertiary/aromatic N) is 2. The quantitative estimate of drug-likeness (QED) is 0.783. The predicted molar refractivity (Wildman–Crippen MR) is 91.7 cm³/mol. The Morgan fingerprint density at radius 3 is 2.54 bits per heavy atom. The van der Waals surface area contributed by atoms with Gasteiger partial charge in [-0.1, -0.05) is 6.07 Å². The lowest BCUT2D eigenvalue weighted by atomic mass is 10.1. The summed E-state index contributed by atoms with van der Waals surface area (Å²) in [7, 11) is 3.15. The van der Waals surface area contributed by atoms with Crippen molar-refractivity contribution < 1.29 is 9.47 Å². The van der Waals surface area contributed by atoms with Crippen LogP contribution >= 0.6 is 0 Å². The first-order valence-corrected chi connectivity index (χ1v) is 7.53. The minimum absolute atomic E-state index is 0.141. The SMILES string of the molecule is COc1ccc(-c2ccc(Cn3cncc3C)[nH]c2=O)cc1OC. The second kappa shape index (κ2) is 6.62. The number of hydrogen-bond donors (Lipinski definition) is 1. The van der Waals surface area contributed by atoms with E-state index in [4.69, 9.17) is 9.47 Å². The Labute approximate surface area is 139 Å². The van der Waals surface area contributed by atoms with Gasteiger partial charge in [0.25, 0.3) is 5.56 Å². The molecule has 24 heavy (non-hydrogen) atoms. The highest BCUT2D eigenvalue weighted by molar-refractivity contribution is 5.66. The van der Waals surface area contributed by atoms with Crippen molar-refractivity contribution in [2.75, 3.05) is 14.2 Å². The fraction of sp³-hybridized carbons (Fsp3) is 0.222. The molecule has 0 saturated carbocycles. The van der Waals surface area contributed by atoms with E-state index in [9.17, 15) is 4.79 Å². The molecule has 3 rings (SSSR count). The van der Waals surface area contributed by atoms with Crippen LogP contribution in [0.2, 0.25) is 0 Å². The summed E-state index contributed by atoms with van der Waals surface area (Å²) in [5.41, 5.74) is 3.09. The van der Waals surface area contributed by atoms with E-state index in [-0.39, 0.29) is 5.56 Å². The summed E-state index contributed by atoms with van der Waals surface area (Å²) >= 11 is 0. The lowest BCUT2D eigenvalue weighted by Gasteiger charge is -2.10. The molecule has 0 amide bonds. The highest BCUT2D eigenvalue weighted by Crippen LogP contribution is 2.31. The monoisotopic (exact) mass is 325 g/mol. The molecule has 2 aromatic heterocycles. The zero-order valence-corrected chi connectivity index (χ0v) is 13.9. The van der Waals surface area contributed by atoms with Crippen LogP contribution < -0.4 is 15.0 Å². The Bertz CT molecular complexity index is 912. The second-order valence-corrected chi connectivity index (χ2v) is 5.46. The molecule has 0 aliphatic heterocycles.